The van der Waals surface area contributed by atoms with Gasteiger partial charge in [0.1, 0.15) is 5.69 Å². The van der Waals surface area contributed by atoms with Crippen molar-refractivity contribution in [1.29, 1.82) is 0 Å². The van der Waals surface area contributed by atoms with Crippen LogP contribution in [0.2, 0.25) is 0 Å². The molecule has 4 nitrogen and oxygen atoms in total. The topological polar surface area (TPSA) is 54.0 Å². The molecule has 1 aliphatic rings. The summed E-state index contributed by atoms with van der Waals surface area (Å²) in [5.41, 5.74) is 3.73. The first-order chi connectivity index (χ1) is 9.22. The van der Waals surface area contributed by atoms with Crippen molar-refractivity contribution in [3.05, 3.63) is 39.8 Å². The molecule has 1 aromatic carbocycles. The summed E-state index contributed by atoms with van der Waals surface area (Å²) >= 11 is 1.48. The second-order valence-corrected chi connectivity index (χ2v) is 5.67. The highest BCUT2D eigenvalue weighted by Gasteiger charge is 2.12. The number of amides is 1. The van der Waals surface area contributed by atoms with E-state index < -0.39 is 0 Å². The fourth-order valence-corrected chi connectivity index (χ4v) is 2.79. The molecule has 0 atom stereocenters. The molecular weight excluding hydrogens is 258 g/mol. The van der Waals surface area contributed by atoms with Gasteiger partial charge < -0.3 is 10.6 Å². The Hall–Kier alpha value is -1.88. The molecule has 0 aliphatic carbocycles. The molecule has 1 amide bonds. The van der Waals surface area contributed by atoms with Gasteiger partial charge in [0.05, 0.1) is 5.01 Å². The molecule has 0 radical (unpaired) electrons. The van der Waals surface area contributed by atoms with Gasteiger partial charge in [-0.3, -0.25) is 4.79 Å². The number of nitrogens with zero attached hydrogens (tertiary/aromatic N) is 1. The lowest BCUT2D eigenvalue weighted by atomic mass is 10.0. The Balaban J connectivity index is 1.78. The number of rotatable bonds is 2. The van der Waals surface area contributed by atoms with Crippen LogP contribution in [-0.4, -0.2) is 17.4 Å². The SMILES string of the molecule is Cc1nc(C(=O)Nc2ccc3c(c2)NCCC3)cs1. The smallest absolute Gasteiger partial charge is 0.275 e. The molecule has 3 rings (SSSR count). The second-order valence-electron chi connectivity index (χ2n) is 4.61. The minimum absolute atomic E-state index is 0.153. The number of aromatic nitrogens is 1. The van der Waals surface area contributed by atoms with Crippen LogP contribution in [0.4, 0.5) is 11.4 Å². The summed E-state index contributed by atoms with van der Waals surface area (Å²) in [5, 5.41) is 8.92. The molecule has 98 valence electrons. The quantitative estimate of drug-likeness (QED) is 0.884. The van der Waals surface area contributed by atoms with E-state index in [9.17, 15) is 4.79 Å². The number of hydrogen-bond donors (Lipinski definition) is 2. The summed E-state index contributed by atoms with van der Waals surface area (Å²) in [6, 6.07) is 6.01. The third-order valence-corrected chi connectivity index (χ3v) is 3.93. The molecule has 1 aromatic heterocycles. The first kappa shape index (κ1) is 12.2. The Bertz CT molecular complexity index is 621. The Morgan fingerprint density at radius 3 is 3.16 bits per heavy atom. The maximum Gasteiger partial charge on any atom is 0.275 e. The molecule has 0 unspecified atom stereocenters. The number of fused-ring (bicyclic) bond motifs is 1. The Morgan fingerprint density at radius 1 is 1.47 bits per heavy atom. The Morgan fingerprint density at radius 2 is 2.37 bits per heavy atom. The molecule has 0 saturated carbocycles. The summed E-state index contributed by atoms with van der Waals surface area (Å²) in [7, 11) is 0. The van der Waals surface area contributed by atoms with Crippen LogP contribution >= 0.6 is 11.3 Å². The molecule has 0 fully saturated rings. The third-order valence-electron chi connectivity index (χ3n) is 3.16. The maximum atomic E-state index is 12.0. The van der Waals surface area contributed by atoms with Gasteiger partial charge in [0.2, 0.25) is 0 Å². The number of aryl methyl sites for hydroxylation is 2. The van der Waals surface area contributed by atoms with Gasteiger partial charge in [0.15, 0.2) is 0 Å². The highest BCUT2D eigenvalue weighted by atomic mass is 32.1. The summed E-state index contributed by atoms with van der Waals surface area (Å²) < 4.78 is 0. The highest BCUT2D eigenvalue weighted by molar-refractivity contribution is 7.09. The standard InChI is InChI=1S/C14H15N3OS/c1-9-16-13(8-19-9)14(18)17-11-5-4-10-3-2-6-15-12(10)7-11/h4-5,7-8,15H,2-3,6H2,1H3,(H,17,18). The van der Waals surface area contributed by atoms with Gasteiger partial charge in [0.25, 0.3) is 5.91 Å². The number of thiazole rings is 1. The molecule has 19 heavy (non-hydrogen) atoms. The summed E-state index contributed by atoms with van der Waals surface area (Å²) in [4.78, 5) is 16.2. The van der Waals surface area contributed by atoms with Crippen LogP contribution in [0.3, 0.4) is 0 Å². The molecule has 2 aromatic rings. The van der Waals surface area contributed by atoms with Crippen molar-refractivity contribution in [3.63, 3.8) is 0 Å². The van der Waals surface area contributed by atoms with Crippen LogP contribution < -0.4 is 10.6 Å². The fraction of sp³-hybridized carbons (Fsp3) is 0.286. The largest absolute Gasteiger partial charge is 0.385 e. The van der Waals surface area contributed by atoms with Gasteiger partial charge in [-0.25, -0.2) is 4.98 Å². The Labute approximate surface area is 115 Å². The number of hydrogen-bond acceptors (Lipinski definition) is 4. The number of benzene rings is 1. The van der Waals surface area contributed by atoms with E-state index >= 15 is 0 Å². The lowest BCUT2D eigenvalue weighted by Gasteiger charge is -2.18. The normalized spacial score (nSPS) is 13.5. The zero-order valence-corrected chi connectivity index (χ0v) is 11.5. The van der Waals surface area contributed by atoms with Crippen molar-refractivity contribution in [2.24, 2.45) is 0 Å². The van der Waals surface area contributed by atoms with Gasteiger partial charge in [-0.15, -0.1) is 11.3 Å². The molecule has 1 aliphatic heterocycles. The van der Waals surface area contributed by atoms with E-state index in [-0.39, 0.29) is 5.91 Å². The maximum absolute atomic E-state index is 12.0. The van der Waals surface area contributed by atoms with Crippen LogP contribution in [0, 0.1) is 6.92 Å². The molecule has 5 heteroatoms. The highest BCUT2D eigenvalue weighted by Crippen LogP contribution is 2.25. The molecule has 0 saturated heterocycles. The zero-order chi connectivity index (χ0) is 13.2. The van der Waals surface area contributed by atoms with Crippen molar-refractivity contribution < 1.29 is 4.79 Å². The first-order valence-electron chi connectivity index (χ1n) is 6.32. The van der Waals surface area contributed by atoms with Gasteiger partial charge in [-0.1, -0.05) is 6.07 Å². The summed E-state index contributed by atoms with van der Waals surface area (Å²) in [6.07, 6.45) is 2.26. The van der Waals surface area contributed by atoms with Crippen molar-refractivity contribution in [1.82, 2.24) is 4.98 Å². The van der Waals surface area contributed by atoms with E-state index in [1.165, 1.54) is 16.9 Å². The average molecular weight is 273 g/mol. The second kappa shape index (κ2) is 5.01. The van der Waals surface area contributed by atoms with Crippen LogP contribution in [0.15, 0.2) is 23.6 Å². The predicted molar refractivity (Wildman–Crippen MR) is 78.1 cm³/mol. The monoisotopic (exact) mass is 273 g/mol. The van der Waals surface area contributed by atoms with Gasteiger partial charge >= 0.3 is 0 Å². The van der Waals surface area contributed by atoms with Crippen LogP contribution in [-0.2, 0) is 6.42 Å². The predicted octanol–water partition coefficient (Wildman–Crippen LogP) is 3.06. The molecular formula is C14H15N3OS. The lowest BCUT2D eigenvalue weighted by molar-refractivity contribution is 0.102. The van der Waals surface area contributed by atoms with Crippen molar-refractivity contribution in [2.75, 3.05) is 17.2 Å². The first-order valence-corrected chi connectivity index (χ1v) is 7.20. The van der Waals surface area contributed by atoms with E-state index in [2.05, 4.69) is 21.7 Å². The fourth-order valence-electron chi connectivity index (χ4n) is 2.20. The number of anilines is 2. The minimum atomic E-state index is -0.153. The van der Waals surface area contributed by atoms with E-state index in [0.717, 1.165) is 35.8 Å². The van der Waals surface area contributed by atoms with Crippen molar-refractivity contribution >= 4 is 28.6 Å². The zero-order valence-electron chi connectivity index (χ0n) is 10.7. The molecule has 2 heterocycles. The summed E-state index contributed by atoms with van der Waals surface area (Å²) in [6.45, 7) is 2.89. The minimum Gasteiger partial charge on any atom is -0.385 e. The van der Waals surface area contributed by atoms with Crippen LogP contribution in [0.1, 0.15) is 27.5 Å². The van der Waals surface area contributed by atoms with Crippen molar-refractivity contribution in [3.8, 4) is 0 Å². The average Bonchev–Trinajstić information content (AvgIpc) is 2.85. The van der Waals surface area contributed by atoms with Gasteiger partial charge in [-0.2, -0.15) is 0 Å². The Kier molecular flexibility index (Phi) is 3.21. The number of nitrogens with one attached hydrogen (secondary N) is 2. The van der Waals surface area contributed by atoms with Crippen LogP contribution in [0.5, 0.6) is 0 Å². The molecule has 2 N–H and O–H groups in total. The van der Waals surface area contributed by atoms with E-state index in [1.807, 2.05) is 19.1 Å². The van der Waals surface area contributed by atoms with Gasteiger partial charge in [0, 0.05) is 23.3 Å². The summed E-state index contributed by atoms with van der Waals surface area (Å²) in [5.74, 6) is -0.153. The van der Waals surface area contributed by atoms with E-state index in [0.29, 0.717) is 5.69 Å². The molecule has 0 bridgehead atoms. The van der Waals surface area contributed by atoms with Gasteiger partial charge in [-0.05, 0) is 37.5 Å². The van der Waals surface area contributed by atoms with Crippen LogP contribution in [0.25, 0.3) is 0 Å². The third kappa shape index (κ3) is 2.61. The van der Waals surface area contributed by atoms with E-state index in [1.54, 1.807) is 5.38 Å². The van der Waals surface area contributed by atoms with Crippen molar-refractivity contribution in [2.45, 2.75) is 19.8 Å². The van der Waals surface area contributed by atoms with E-state index in [4.69, 9.17) is 0 Å². The number of carbonyl (C=O) groups excluding carboxylic acids is 1. The molecule has 0 spiro atoms. The number of carbonyl (C=O) groups is 1. The lowest BCUT2D eigenvalue weighted by Crippen LogP contribution is -2.15.